The molecule has 1 aromatic heterocycles. The molecule has 5 rings (SSSR count). The first kappa shape index (κ1) is 24.3. The topological polar surface area (TPSA) is 83.6 Å². The Balaban J connectivity index is 1.22. The summed E-state index contributed by atoms with van der Waals surface area (Å²) >= 11 is 0. The predicted octanol–water partition coefficient (Wildman–Crippen LogP) is 5.56. The third-order valence-corrected chi connectivity index (χ3v) is 6.02. The molecule has 37 heavy (non-hydrogen) atoms. The molecule has 9 heteroatoms. The molecule has 2 heterocycles. The standard InChI is InChI=1S/C28H29FN6O2/c1-36-25-11-5-20(6-12-25)18-30-22-3-2-4-23(17-22)32-27-26(29)19-31-28(34-27)33-21-7-9-24(10-8-21)35-13-15-37-16-14-35/h2-12,17,19,30H,13-16,18H2,1H3,(H2,31,32,33,34). The molecule has 1 saturated heterocycles. The van der Waals surface area contributed by atoms with Crippen LogP contribution in [0.2, 0.25) is 0 Å². The number of morpholine rings is 1. The third-order valence-electron chi connectivity index (χ3n) is 6.02. The number of rotatable bonds is 9. The first-order chi connectivity index (χ1) is 18.2. The molecule has 1 fully saturated rings. The highest BCUT2D eigenvalue weighted by molar-refractivity contribution is 5.65. The zero-order chi connectivity index (χ0) is 25.5. The van der Waals surface area contributed by atoms with Gasteiger partial charge in [-0.15, -0.1) is 0 Å². The zero-order valence-electron chi connectivity index (χ0n) is 20.6. The Labute approximate surface area is 215 Å². The molecule has 1 aliphatic heterocycles. The predicted molar refractivity (Wildman–Crippen MR) is 145 cm³/mol. The van der Waals surface area contributed by atoms with Crippen molar-refractivity contribution in [3.8, 4) is 5.75 Å². The fourth-order valence-corrected chi connectivity index (χ4v) is 4.01. The Kier molecular flexibility index (Phi) is 7.61. The van der Waals surface area contributed by atoms with Gasteiger partial charge in [0.15, 0.2) is 11.6 Å². The maximum atomic E-state index is 14.5. The maximum absolute atomic E-state index is 14.5. The number of hydrogen-bond donors (Lipinski definition) is 3. The smallest absolute Gasteiger partial charge is 0.229 e. The van der Waals surface area contributed by atoms with Gasteiger partial charge >= 0.3 is 0 Å². The van der Waals surface area contributed by atoms with Crippen molar-refractivity contribution in [1.29, 1.82) is 0 Å². The van der Waals surface area contributed by atoms with Gasteiger partial charge in [0.2, 0.25) is 5.95 Å². The molecule has 3 N–H and O–H groups in total. The number of methoxy groups -OCH3 is 1. The molecule has 0 atom stereocenters. The second-order valence-corrected chi connectivity index (χ2v) is 8.57. The van der Waals surface area contributed by atoms with Crippen LogP contribution in [-0.2, 0) is 11.3 Å². The molecule has 0 bridgehead atoms. The van der Waals surface area contributed by atoms with Crippen LogP contribution in [0, 0.1) is 5.82 Å². The van der Waals surface area contributed by atoms with E-state index in [1.807, 2.05) is 72.8 Å². The molecule has 8 nitrogen and oxygen atoms in total. The van der Waals surface area contributed by atoms with Gasteiger partial charge < -0.3 is 30.3 Å². The maximum Gasteiger partial charge on any atom is 0.229 e. The molecule has 3 aromatic carbocycles. The summed E-state index contributed by atoms with van der Waals surface area (Å²) in [4.78, 5) is 10.7. The van der Waals surface area contributed by atoms with Crippen molar-refractivity contribution >= 4 is 34.5 Å². The summed E-state index contributed by atoms with van der Waals surface area (Å²) in [6.07, 6.45) is 1.16. The Morgan fingerprint density at radius 2 is 1.68 bits per heavy atom. The minimum Gasteiger partial charge on any atom is -0.497 e. The van der Waals surface area contributed by atoms with E-state index in [0.717, 1.165) is 60.9 Å². The molecular weight excluding hydrogens is 471 g/mol. The Morgan fingerprint density at radius 1 is 0.919 bits per heavy atom. The van der Waals surface area contributed by atoms with Crippen LogP contribution >= 0.6 is 0 Å². The van der Waals surface area contributed by atoms with E-state index in [1.54, 1.807) is 7.11 Å². The highest BCUT2D eigenvalue weighted by Crippen LogP contribution is 2.24. The number of aromatic nitrogens is 2. The van der Waals surface area contributed by atoms with Crippen LogP contribution in [0.15, 0.2) is 79.0 Å². The van der Waals surface area contributed by atoms with Crippen LogP contribution in [0.3, 0.4) is 0 Å². The summed E-state index contributed by atoms with van der Waals surface area (Å²) in [6, 6.07) is 23.5. The summed E-state index contributed by atoms with van der Waals surface area (Å²) in [5, 5.41) is 9.60. The van der Waals surface area contributed by atoms with Crippen LogP contribution in [0.5, 0.6) is 5.75 Å². The van der Waals surface area contributed by atoms with Crippen LogP contribution in [-0.4, -0.2) is 43.4 Å². The van der Waals surface area contributed by atoms with E-state index in [-0.39, 0.29) is 5.82 Å². The van der Waals surface area contributed by atoms with E-state index in [2.05, 4.69) is 30.8 Å². The number of ether oxygens (including phenoxy) is 2. The molecule has 1 aliphatic rings. The van der Waals surface area contributed by atoms with Crippen molar-refractivity contribution in [2.45, 2.75) is 6.54 Å². The lowest BCUT2D eigenvalue weighted by atomic mass is 10.2. The van der Waals surface area contributed by atoms with Gasteiger partial charge in [-0.3, -0.25) is 0 Å². The van der Waals surface area contributed by atoms with Gasteiger partial charge in [-0.1, -0.05) is 18.2 Å². The number of nitrogens with zero attached hydrogens (tertiary/aromatic N) is 3. The van der Waals surface area contributed by atoms with Crippen molar-refractivity contribution < 1.29 is 13.9 Å². The van der Waals surface area contributed by atoms with Gasteiger partial charge in [0, 0.05) is 42.4 Å². The number of benzene rings is 3. The highest BCUT2D eigenvalue weighted by atomic mass is 19.1. The van der Waals surface area contributed by atoms with Gasteiger partial charge in [0.1, 0.15) is 5.75 Å². The molecule has 190 valence electrons. The van der Waals surface area contributed by atoms with Gasteiger partial charge in [-0.25, -0.2) is 9.37 Å². The lowest BCUT2D eigenvalue weighted by Crippen LogP contribution is -2.36. The molecule has 0 radical (unpaired) electrons. The third kappa shape index (κ3) is 6.45. The summed E-state index contributed by atoms with van der Waals surface area (Å²) in [7, 11) is 1.65. The number of hydrogen-bond acceptors (Lipinski definition) is 8. The van der Waals surface area contributed by atoms with Crippen LogP contribution in [0.1, 0.15) is 5.56 Å². The minimum absolute atomic E-state index is 0.0924. The Hall–Kier alpha value is -4.37. The normalized spacial score (nSPS) is 13.2. The lowest BCUT2D eigenvalue weighted by Gasteiger charge is -2.28. The molecule has 4 aromatic rings. The van der Waals surface area contributed by atoms with E-state index < -0.39 is 5.82 Å². The summed E-state index contributed by atoms with van der Waals surface area (Å²) in [5.41, 5.74) is 4.68. The van der Waals surface area contributed by atoms with Crippen LogP contribution in [0.4, 0.5) is 38.9 Å². The summed E-state index contributed by atoms with van der Waals surface area (Å²) in [5.74, 6) is 0.678. The molecule has 0 amide bonds. The first-order valence-corrected chi connectivity index (χ1v) is 12.1. The highest BCUT2D eigenvalue weighted by Gasteiger charge is 2.12. The van der Waals surface area contributed by atoms with Crippen molar-refractivity contribution in [2.24, 2.45) is 0 Å². The van der Waals surface area contributed by atoms with Gasteiger partial charge in [0.05, 0.1) is 26.5 Å². The summed E-state index contributed by atoms with van der Waals surface area (Å²) < 4.78 is 25.1. The number of nitrogens with one attached hydrogen (secondary N) is 3. The minimum atomic E-state index is -0.537. The van der Waals surface area contributed by atoms with Gasteiger partial charge in [-0.2, -0.15) is 4.98 Å². The Morgan fingerprint density at radius 3 is 2.43 bits per heavy atom. The van der Waals surface area contributed by atoms with Crippen LogP contribution < -0.4 is 25.6 Å². The van der Waals surface area contributed by atoms with E-state index >= 15 is 0 Å². The Bertz CT molecular complexity index is 1310. The van der Waals surface area contributed by atoms with E-state index in [9.17, 15) is 4.39 Å². The molecule has 0 unspecified atom stereocenters. The zero-order valence-corrected chi connectivity index (χ0v) is 20.6. The summed E-state index contributed by atoms with van der Waals surface area (Å²) in [6.45, 7) is 3.87. The number of anilines is 6. The average molecular weight is 501 g/mol. The van der Waals surface area contributed by atoms with E-state index in [1.165, 1.54) is 0 Å². The van der Waals surface area contributed by atoms with Crippen molar-refractivity contribution in [2.75, 3.05) is 54.3 Å². The van der Waals surface area contributed by atoms with E-state index in [0.29, 0.717) is 18.2 Å². The fourth-order valence-electron chi connectivity index (χ4n) is 4.01. The van der Waals surface area contributed by atoms with Gasteiger partial charge in [-0.05, 0) is 60.2 Å². The second kappa shape index (κ2) is 11.6. The SMILES string of the molecule is COc1ccc(CNc2cccc(Nc3nc(Nc4ccc(N5CCOCC5)cc4)ncc3F)c2)cc1. The van der Waals surface area contributed by atoms with E-state index in [4.69, 9.17) is 9.47 Å². The first-order valence-electron chi connectivity index (χ1n) is 12.1. The van der Waals surface area contributed by atoms with Crippen LogP contribution in [0.25, 0.3) is 0 Å². The lowest BCUT2D eigenvalue weighted by molar-refractivity contribution is 0.122. The molecule has 0 saturated carbocycles. The molecular formula is C28H29FN6O2. The van der Waals surface area contributed by atoms with Crippen molar-refractivity contribution in [1.82, 2.24) is 9.97 Å². The monoisotopic (exact) mass is 500 g/mol. The fraction of sp³-hybridized carbons (Fsp3) is 0.214. The average Bonchev–Trinajstić information content (AvgIpc) is 2.95. The quantitative estimate of drug-likeness (QED) is 0.276. The van der Waals surface area contributed by atoms with Crippen molar-refractivity contribution in [3.05, 3.63) is 90.4 Å². The van der Waals surface area contributed by atoms with Crippen molar-refractivity contribution in [3.63, 3.8) is 0 Å². The second-order valence-electron chi connectivity index (χ2n) is 8.57. The molecule has 0 aliphatic carbocycles. The largest absolute Gasteiger partial charge is 0.497 e. The molecule has 0 spiro atoms. The number of halogens is 1. The van der Waals surface area contributed by atoms with Gasteiger partial charge in [0.25, 0.3) is 0 Å².